The first-order valence-electron chi connectivity index (χ1n) is 9.33. The number of aromatic nitrogens is 2. The van der Waals surface area contributed by atoms with Crippen LogP contribution in [0.4, 0.5) is 14.5 Å². The molecule has 0 unspecified atom stereocenters. The Morgan fingerprint density at radius 1 is 1.00 bits per heavy atom. The quantitative estimate of drug-likeness (QED) is 0.372. The molecule has 2 heterocycles. The van der Waals surface area contributed by atoms with Crippen LogP contribution in [0, 0.1) is 11.6 Å². The molecule has 0 aliphatic rings. The Labute approximate surface area is 192 Å². The molecule has 0 N–H and O–H groups in total. The SMILES string of the molecule is COc1cc(OC)cc(-c2noc(-c3sccc3S(=O)(=O)N(C)c3ccc(F)c(F)c3)n2)c1. The van der Waals surface area contributed by atoms with E-state index in [1.807, 2.05) is 0 Å². The van der Waals surface area contributed by atoms with Crippen LogP contribution in [0.2, 0.25) is 0 Å². The van der Waals surface area contributed by atoms with Crippen molar-refractivity contribution in [3.05, 3.63) is 59.5 Å². The van der Waals surface area contributed by atoms with E-state index in [0.29, 0.717) is 17.1 Å². The minimum Gasteiger partial charge on any atom is -0.497 e. The van der Waals surface area contributed by atoms with Crippen LogP contribution < -0.4 is 13.8 Å². The van der Waals surface area contributed by atoms with Gasteiger partial charge in [-0.05, 0) is 35.7 Å². The van der Waals surface area contributed by atoms with Gasteiger partial charge in [0.1, 0.15) is 21.3 Å². The molecule has 2 aromatic heterocycles. The van der Waals surface area contributed by atoms with E-state index >= 15 is 0 Å². The van der Waals surface area contributed by atoms with Gasteiger partial charge in [-0.25, -0.2) is 17.2 Å². The summed E-state index contributed by atoms with van der Waals surface area (Å²) < 4.78 is 70.0. The smallest absolute Gasteiger partial charge is 0.269 e. The first-order chi connectivity index (χ1) is 15.7. The Balaban J connectivity index is 1.71. The van der Waals surface area contributed by atoms with Crippen molar-refractivity contribution >= 4 is 27.0 Å². The molecule has 0 aliphatic heterocycles. The van der Waals surface area contributed by atoms with Crippen LogP contribution in [0.5, 0.6) is 11.5 Å². The molecule has 0 amide bonds. The van der Waals surface area contributed by atoms with E-state index in [2.05, 4.69) is 10.1 Å². The molecule has 0 saturated carbocycles. The molecule has 4 rings (SSSR count). The van der Waals surface area contributed by atoms with Gasteiger partial charge in [0.05, 0.1) is 19.9 Å². The highest BCUT2D eigenvalue weighted by Crippen LogP contribution is 2.36. The molecule has 0 bridgehead atoms. The van der Waals surface area contributed by atoms with Crippen LogP contribution in [0.25, 0.3) is 22.2 Å². The van der Waals surface area contributed by atoms with Crippen LogP contribution in [-0.4, -0.2) is 39.8 Å². The second kappa shape index (κ2) is 8.79. The standard InChI is InChI=1S/C21H17F2N3O5S2/c1-26(13-4-5-16(22)17(23)10-13)33(27,28)18-6-7-32-19(18)21-24-20(25-31-21)12-8-14(29-2)11-15(9-12)30-3/h4-11H,1-3H3. The van der Waals surface area contributed by atoms with Crippen molar-refractivity contribution in [2.24, 2.45) is 0 Å². The highest BCUT2D eigenvalue weighted by molar-refractivity contribution is 7.93. The molecule has 0 saturated heterocycles. The molecular weight excluding hydrogens is 476 g/mol. The number of rotatable bonds is 7. The van der Waals surface area contributed by atoms with E-state index in [9.17, 15) is 17.2 Å². The topological polar surface area (TPSA) is 94.8 Å². The average molecular weight is 494 g/mol. The van der Waals surface area contributed by atoms with Gasteiger partial charge < -0.3 is 14.0 Å². The summed E-state index contributed by atoms with van der Waals surface area (Å²) >= 11 is 1.09. The Kier molecular flexibility index (Phi) is 6.04. The molecule has 8 nitrogen and oxygen atoms in total. The number of ether oxygens (including phenoxy) is 2. The molecular formula is C21H17F2N3O5S2. The van der Waals surface area contributed by atoms with Crippen LogP contribution in [0.15, 0.2) is 57.3 Å². The predicted molar refractivity (Wildman–Crippen MR) is 118 cm³/mol. The van der Waals surface area contributed by atoms with Gasteiger partial charge >= 0.3 is 0 Å². The third kappa shape index (κ3) is 4.26. The lowest BCUT2D eigenvalue weighted by molar-refractivity contribution is 0.394. The summed E-state index contributed by atoms with van der Waals surface area (Å²) in [6, 6.07) is 9.26. The molecule has 33 heavy (non-hydrogen) atoms. The zero-order valence-electron chi connectivity index (χ0n) is 17.6. The molecule has 2 aromatic carbocycles. The molecule has 4 aromatic rings. The lowest BCUT2D eigenvalue weighted by Gasteiger charge is -2.19. The monoisotopic (exact) mass is 493 g/mol. The fourth-order valence-corrected chi connectivity index (χ4v) is 5.50. The summed E-state index contributed by atoms with van der Waals surface area (Å²) in [5, 5.41) is 5.51. The normalized spacial score (nSPS) is 11.4. The first-order valence-corrected chi connectivity index (χ1v) is 11.7. The summed E-state index contributed by atoms with van der Waals surface area (Å²) in [4.78, 5) is 4.43. The number of sulfonamides is 1. The number of nitrogens with zero attached hydrogens (tertiary/aromatic N) is 3. The molecule has 12 heteroatoms. The summed E-state index contributed by atoms with van der Waals surface area (Å²) in [7, 11) is 0.107. The number of anilines is 1. The third-order valence-corrected chi connectivity index (χ3v) is 7.62. The van der Waals surface area contributed by atoms with Crippen molar-refractivity contribution in [1.29, 1.82) is 0 Å². The number of hydrogen-bond acceptors (Lipinski definition) is 8. The summed E-state index contributed by atoms with van der Waals surface area (Å²) in [5.74, 6) is -1.01. The number of hydrogen-bond donors (Lipinski definition) is 0. The molecule has 172 valence electrons. The highest BCUT2D eigenvalue weighted by Gasteiger charge is 2.29. The number of thiophene rings is 1. The van der Waals surface area contributed by atoms with Gasteiger partial charge in [-0.15, -0.1) is 11.3 Å². The van der Waals surface area contributed by atoms with E-state index in [-0.39, 0.29) is 27.2 Å². The Bertz CT molecular complexity index is 1400. The van der Waals surface area contributed by atoms with Crippen molar-refractivity contribution < 1.29 is 31.2 Å². The van der Waals surface area contributed by atoms with Crippen LogP contribution in [-0.2, 0) is 10.0 Å². The van der Waals surface area contributed by atoms with Crippen LogP contribution >= 0.6 is 11.3 Å². The van der Waals surface area contributed by atoms with E-state index < -0.39 is 21.7 Å². The van der Waals surface area contributed by atoms with Gasteiger partial charge in [0.25, 0.3) is 15.9 Å². The molecule has 0 fully saturated rings. The molecule has 0 aliphatic carbocycles. The Morgan fingerprint density at radius 2 is 1.70 bits per heavy atom. The van der Waals surface area contributed by atoms with Gasteiger partial charge in [0.2, 0.25) is 5.82 Å². The van der Waals surface area contributed by atoms with E-state index in [0.717, 1.165) is 27.8 Å². The second-order valence-electron chi connectivity index (χ2n) is 6.71. The van der Waals surface area contributed by atoms with Crippen molar-refractivity contribution in [2.45, 2.75) is 4.90 Å². The van der Waals surface area contributed by atoms with Crippen molar-refractivity contribution in [2.75, 3.05) is 25.6 Å². The molecule has 0 spiro atoms. The van der Waals surface area contributed by atoms with E-state index in [1.165, 1.54) is 33.4 Å². The fraction of sp³-hybridized carbons (Fsp3) is 0.143. The highest BCUT2D eigenvalue weighted by atomic mass is 32.2. The summed E-state index contributed by atoms with van der Waals surface area (Å²) in [6.45, 7) is 0. The summed E-state index contributed by atoms with van der Waals surface area (Å²) in [6.07, 6.45) is 0. The lowest BCUT2D eigenvalue weighted by Crippen LogP contribution is -2.26. The van der Waals surface area contributed by atoms with Crippen molar-refractivity contribution in [3.63, 3.8) is 0 Å². The largest absolute Gasteiger partial charge is 0.497 e. The maximum absolute atomic E-state index is 13.6. The zero-order chi connectivity index (χ0) is 23.8. The van der Waals surface area contributed by atoms with E-state index in [1.54, 1.807) is 23.6 Å². The molecule has 0 radical (unpaired) electrons. The van der Waals surface area contributed by atoms with E-state index in [4.69, 9.17) is 14.0 Å². The van der Waals surface area contributed by atoms with Crippen LogP contribution in [0.1, 0.15) is 0 Å². The number of halogens is 2. The van der Waals surface area contributed by atoms with Crippen LogP contribution in [0.3, 0.4) is 0 Å². The minimum absolute atomic E-state index is 0.0148. The van der Waals surface area contributed by atoms with Gasteiger partial charge in [-0.2, -0.15) is 4.98 Å². The zero-order valence-corrected chi connectivity index (χ0v) is 19.2. The number of methoxy groups -OCH3 is 2. The van der Waals surface area contributed by atoms with Gasteiger partial charge in [0, 0.05) is 24.7 Å². The Morgan fingerprint density at radius 3 is 2.33 bits per heavy atom. The summed E-state index contributed by atoms with van der Waals surface area (Å²) in [5.41, 5.74) is 0.502. The maximum Gasteiger partial charge on any atom is 0.269 e. The fourth-order valence-electron chi connectivity index (χ4n) is 2.99. The van der Waals surface area contributed by atoms with Crippen molar-refractivity contribution in [1.82, 2.24) is 10.1 Å². The first kappa shape index (κ1) is 22.7. The maximum atomic E-state index is 13.6. The lowest BCUT2D eigenvalue weighted by atomic mass is 10.2. The minimum atomic E-state index is -4.15. The second-order valence-corrected chi connectivity index (χ2v) is 9.56. The van der Waals surface area contributed by atoms with Gasteiger partial charge in [-0.1, -0.05) is 5.16 Å². The number of benzene rings is 2. The van der Waals surface area contributed by atoms with Gasteiger partial charge in [0.15, 0.2) is 11.6 Å². The predicted octanol–water partition coefficient (Wildman–Crippen LogP) is 4.59. The Hall–Kier alpha value is -3.51. The average Bonchev–Trinajstić information content (AvgIpc) is 3.50. The van der Waals surface area contributed by atoms with Gasteiger partial charge in [-0.3, -0.25) is 4.31 Å². The van der Waals surface area contributed by atoms with Crippen molar-refractivity contribution in [3.8, 4) is 33.7 Å². The third-order valence-electron chi connectivity index (χ3n) is 4.76. The molecule has 0 atom stereocenters.